The van der Waals surface area contributed by atoms with Gasteiger partial charge in [-0.05, 0) is 12.5 Å². The van der Waals surface area contributed by atoms with Crippen molar-refractivity contribution in [3.63, 3.8) is 0 Å². The topological polar surface area (TPSA) is 87.5 Å². The van der Waals surface area contributed by atoms with Gasteiger partial charge in [0.2, 0.25) is 5.88 Å². The SMILES string of the molecule is CC(CO)CNCC(O)COc1cnsn1. The Hall–Kier alpha value is -0.760. The van der Waals surface area contributed by atoms with Gasteiger partial charge >= 0.3 is 0 Å². The summed E-state index contributed by atoms with van der Waals surface area (Å²) in [6.45, 7) is 3.36. The zero-order valence-electron chi connectivity index (χ0n) is 9.17. The summed E-state index contributed by atoms with van der Waals surface area (Å²) in [5.74, 6) is 0.628. The average Bonchev–Trinajstić information content (AvgIpc) is 2.79. The quantitative estimate of drug-likeness (QED) is 0.574. The van der Waals surface area contributed by atoms with Gasteiger partial charge in [0.25, 0.3) is 0 Å². The molecule has 0 fully saturated rings. The zero-order valence-corrected chi connectivity index (χ0v) is 9.98. The third-order valence-corrected chi connectivity index (χ3v) is 2.41. The number of aromatic nitrogens is 2. The Morgan fingerprint density at radius 3 is 3.00 bits per heavy atom. The lowest BCUT2D eigenvalue weighted by molar-refractivity contribution is 0.102. The first kappa shape index (κ1) is 13.3. The third kappa shape index (κ3) is 5.36. The lowest BCUT2D eigenvalue weighted by atomic mass is 10.2. The summed E-state index contributed by atoms with van der Waals surface area (Å²) in [5, 5.41) is 21.4. The maximum atomic E-state index is 9.54. The van der Waals surface area contributed by atoms with E-state index in [9.17, 15) is 5.11 Å². The lowest BCUT2D eigenvalue weighted by Crippen LogP contribution is -2.34. The molecule has 92 valence electrons. The summed E-state index contributed by atoms with van der Waals surface area (Å²) in [5.41, 5.74) is 0. The molecular weight excluding hydrogens is 230 g/mol. The van der Waals surface area contributed by atoms with Crippen LogP contribution in [0, 0.1) is 5.92 Å². The molecule has 0 radical (unpaired) electrons. The van der Waals surface area contributed by atoms with E-state index >= 15 is 0 Å². The summed E-state index contributed by atoms with van der Waals surface area (Å²) >= 11 is 1.07. The molecule has 1 aromatic heterocycles. The van der Waals surface area contributed by atoms with Crippen molar-refractivity contribution in [2.45, 2.75) is 13.0 Å². The molecule has 0 aliphatic rings. The second-order valence-electron chi connectivity index (χ2n) is 3.66. The van der Waals surface area contributed by atoms with E-state index in [4.69, 9.17) is 9.84 Å². The number of aliphatic hydroxyl groups is 2. The van der Waals surface area contributed by atoms with E-state index in [0.29, 0.717) is 19.0 Å². The van der Waals surface area contributed by atoms with Crippen LogP contribution in [0.1, 0.15) is 6.92 Å². The summed E-state index contributed by atoms with van der Waals surface area (Å²) in [7, 11) is 0. The number of hydrogen-bond donors (Lipinski definition) is 3. The minimum atomic E-state index is -0.590. The largest absolute Gasteiger partial charge is 0.473 e. The van der Waals surface area contributed by atoms with E-state index in [2.05, 4.69) is 14.1 Å². The van der Waals surface area contributed by atoms with Crippen LogP contribution >= 0.6 is 11.7 Å². The van der Waals surface area contributed by atoms with Crippen LogP contribution in [0.3, 0.4) is 0 Å². The van der Waals surface area contributed by atoms with Crippen molar-refractivity contribution < 1.29 is 14.9 Å². The number of nitrogens with zero attached hydrogens (tertiary/aromatic N) is 2. The molecule has 2 unspecified atom stereocenters. The minimum Gasteiger partial charge on any atom is -0.473 e. The molecule has 0 saturated heterocycles. The molecule has 0 aromatic carbocycles. The van der Waals surface area contributed by atoms with Crippen molar-refractivity contribution in [1.82, 2.24) is 14.1 Å². The summed E-state index contributed by atoms with van der Waals surface area (Å²) in [6, 6.07) is 0. The van der Waals surface area contributed by atoms with Crippen LogP contribution in [0.25, 0.3) is 0 Å². The van der Waals surface area contributed by atoms with Crippen molar-refractivity contribution in [1.29, 1.82) is 0 Å². The highest BCUT2D eigenvalue weighted by Gasteiger charge is 2.07. The van der Waals surface area contributed by atoms with Crippen molar-refractivity contribution in [2.24, 2.45) is 5.92 Å². The first-order valence-corrected chi connectivity index (χ1v) is 5.85. The maximum absolute atomic E-state index is 9.54. The molecule has 0 aliphatic heterocycles. The Kier molecular flexibility index (Phi) is 6.24. The zero-order chi connectivity index (χ0) is 11.8. The van der Waals surface area contributed by atoms with E-state index < -0.39 is 6.10 Å². The number of aliphatic hydroxyl groups excluding tert-OH is 2. The number of ether oxygens (including phenoxy) is 1. The van der Waals surface area contributed by atoms with Gasteiger partial charge in [-0.3, -0.25) is 0 Å². The molecule has 3 N–H and O–H groups in total. The van der Waals surface area contributed by atoms with Gasteiger partial charge in [0, 0.05) is 13.2 Å². The Balaban J connectivity index is 2.05. The Labute approximate surface area is 98.6 Å². The Morgan fingerprint density at radius 2 is 2.38 bits per heavy atom. The summed E-state index contributed by atoms with van der Waals surface area (Å²) in [4.78, 5) is 0. The fourth-order valence-electron chi connectivity index (χ4n) is 1.02. The van der Waals surface area contributed by atoms with E-state index in [-0.39, 0.29) is 19.1 Å². The predicted molar refractivity (Wildman–Crippen MR) is 60.5 cm³/mol. The van der Waals surface area contributed by atoms with Gasteiger partial charge in [-0.1, -0.05) is 6.92 Å². The van der Waals surface area contributed by atoms with Crippen LogP contribution in [-0.4, -0.2) is 51.4 Å². The van der Waals surface area contributed by atoms with Crippen molar-refractivity contribution in [3.05, 3.63) is 6.20 Å². The van der Waals surface area contributed by atoms with Gasteiger partial charge in [-0.25, -0.2) is 0 Å². The molecule has 0 aliphatic carbocycles. The maximum Gasteiger partial charge on any atom is 0.245 e. The Bertz CT molecular complexity index is 271. The second-order valence-corrected chi connectivity index (χ2v) is 4.21. The number of nitrogens with one attached hydrogen (secondary N) is 1. The standard InChI is InChI=1S/C9H17N3O3S/c1-7(5-13)2-10-3-8(14)6-15-9-4-11-16-12-9/h4,7-8,10,13-14H,2-3,5-6H2,1H3. The highest BCUT2D eigenvalue weighted by Crippen LogP contribution is 2.04. The molecule has 16 heavy (non-hydrogen) atoms. The van der Waals surface area contributed by atoms with E-state index in [1.54, 1.807) is 0 Å². The molecular formula is C9H17N3O3S. The molecule has 2 atom stereocenters. The smallest absolute Gasteiger partial charge is 0.245 e. The lowest BCUT2D eigenvalue weighted by Gasteiger charge is -2.13. The highest BCUT2D eigenvalue weighted by molar-refractivity contribution is 6.99. The van der Waals surface area contributed by atoms with Gasteiger partial charge in [-0.15, -0.1) is 4.37 Å². The summed E-state index contributed by atoms with van der Waals surface area (Å²) in [6.07, 6.45) is 0.922. The molecule has 0 bridgehead atoms. The molecule has 1 rings (SSSR count). The van der Waals surface area contributed by atoms with Gasteiger partial charge in [0.05, 0.1) is 11.7 Å². The van der Waals surface area contributed by atoms with Gasteiger partial charge in [0.1, 0.15) is 18.9 Å². The van der Waals surface area contributed by atoms with Crippen molar-refractivity contribution in [2.75, 3.05) is 26.3 Å². The fourth-order valence-corrected chi connectivity index (χ4v) is 1.39. The van der Waals surface area contributed by atoms with Gasteiger partial charge in [0.15, 0.2) is 0 Å². The van der Waals surface area contributed by atoms with Crippen molar-refractivity contribution >= 4 is 11.7 Å². The third-order valence-electron chi connectivity index (χ3n) is 1.95. The van der Waals surface area contributed by atoms with Gasteiger partial charge in [-0.2, -0.15) is 4.37 Å². The van der Waals surface area contributed by atoms with Gasteiger partial charge < -0.3 is 20.3 Å². The Morgan fingerprint density at radius 1 is 1.56 bits per heavy atom. The fraction of sp³-hybridized carbons (Fsp3) is 0.778. The van der Waals surface area contributed by atoms with Crippen LogP contribution < -0.4 is 10.1 Å². The second kappa shape index (κ2) is 7.50. The minimum absolute atomic E-state index is 0.143. The molecule has 1 aromatic rings. The monoisotopic (exact) mass is 247 g/mol. The van der Waals surface area contributed by atoms with E-state index in [1.807, 2.05) is 6.92 Å². The summed E-state index contributed by atoms with van der Waals surface area (Å²) < 4.78 is 12.8. The first-order valence-electron chi connectivity index (χ1n) is 5.12. The molecule has 6 nitrogen and oxygen atoms in total. The molecule has 0 saturated carbocycles. The van der Waals surface area contributed by atoms with Crippen LogP contribution in [0.5, 0.6) is 5.88 Å². The highest BCUT2D eigenvalue weighted by atomic mass is 32.1. The predicted octanol–water partition coefficient (Wildman–Crippen LogP) is -0.504. The van der Waals surface area contributed by atoms with Crippen LogP contribution in [0.15, 0.2) is 6.20 Å². The normalized spacial score (nSPS) is 14.7. The van der Waals surface area contributed by atoms with Crippen LogP contribution in [0.2, 0.25) is 0 Å². The van der Waals surface area contributed by atoms with Crippen LogP contribution in [-0.2, 0) is 0 Å². The number of rotatable bonds is 8. The molecule has 1 heterocycles. The number of hydrogen-bond acceptors (Lipinski definition) is 7. The molecule has 0 amide bonds. The van der Waals surface area contributed by atoms with E-state index in [1.165, 1.54) is 6.20 Å². The van der Waals surface area contributed by atoms with Crippen molar-refractivity contribution in [3.8, 4) is 5.88 Å². The van der Waals surface area contributed by atoms with Crippen LogP contribution in [0.4, 0.5) is 0 Å². The average molecular weight is 247 g/mol. The van der Waals surface area contributed by atoms with E-state index in [0.717, 1.165) is 11.7 Å². The molecule has 0 spiro atoms. The first-order chi connectivity index (χ1) is 7.72. The molecule has 7 heteroatoms.